The van der Waals surface area contributed by atoms with Gasteiger partial charge >= 0.3 is 5.97 Å². The molecule has 0 saturated heterocycles. The fraction of sp³-hybridized carbons (Fsp3) is 0.179. The second-order valence-electron chi connectivity index (χ2n) is 8.30. The van der Waals surface area contributed by atoms with E-state index in [1.807, 2.05) is 56.3 Å². The second kappa shape index (κ2) is 10.7. The Morgan fingerprint density at radius 2 is 1.62 bits per heavy atom. The minimum atomic E-state index is -0.888. The third-order valence-electron chi connectivity index (χ3n) is 5.44. The number of aryl methyl sites for hydroxylation is 1. The van der Waals surface area contributed by atoms with Crippen LogP contribution in [0.2, 0.25) is 0 Å². The summed E-state index contributed by atoms with van der Waals surface area (Å²) in [7, 11) is 0. The molecule has 3 aromatic carbocycles. The topological polar surface area (TPSA) is 77.2 Å². The number of rotatable bonds is 9. The van der Waals surface area contributed by atoms with Crippen molar-refractivity contribution in [3.63, 3.8) is 0 Å². The number of esters is 1. The molecule has 1 aromatic heterocycles. The van der Waals surface area contributed by atoms with Crippen molar-refractivity contribution in [2.24, 2.45) is 0 Å². The van der Waals surface area contributed by atoms with Crippen molar-refractivity contribution in [3.05, 3.63) is 119 Å². The molecule has 1 N–H and O–H groups in total. The van der Waals surface area contributed by atoms with E-state index in [-0.39, 0.29) is 6.61 Å². The maximum atomic E-state index is 12.6. The molecule has 0 aliphatic rings. The zero-order chi connectivity index (χ0) is 23.8. The Morgan fingerprint density at radius 3 is 2.32 bits per heavy atom. The molecule has 4 rings (SSSR count). The Kier molecular flexibility index (Phi) is 7.30. The summed E-state index contributed by atoms with van der Waals surface area (Å²) in [6.07, 6.45) is 3.67. The fourth-order valence-electron chi connectivity index (χ4n) is 3.32. The number of aromatic nitrogens is 2. The van der Waals surface area contributed by atoms with Crippen molar-refractivity contribution in [3.8, 4) is 0 Å². The highest BCUT2D eigenvalue weighted by atomic mass is 16.5. The van der Waals surface area contributed by atoms with Gasteiger partial charge in [0.2, 0.25) is 11.8 Å². The summed E-state index contributed by atoms with van der Waals surface area (Å²) in [6, 6.07) is 27.0. The third-order valence-corrected chi connectivity index (χ3v) is 5.44. The molecule has 0 fully saturated rings. The molecule has 6 nitrogen and oxygen atoms in total. The number of carbonyl (C=O) groups is 1. The van der Waals surface area contributed by atoms with Gasteiger partial charge in [-0.1, -0.05) is 78.4 Å². The quantitative estimate of drug-likeness (QED) is 0.342. The highest BCUT2D eigenvalue weighted by Crippen LogP contribution is 2.23. The van der Waals surface area contributed by atoms with E-state index in [1.54, 1.807) is 30.3 Å². The molecule has 0 spiro atoms. The first-order valence-electron chi connectivity index (χ1n) is 11.1. The largest absolute Gasteiger partial charge is 0.460 e. The van der Waals surface area contributed by atoms with Gasteiger partial charge in [0.05, 0.1) is 5.56 Å². The predicted molar refractivity (Wildman–Crippen MR) is 132 cm³/mol. The van der Waals surface area contributed by atoms with Gasteiger partial charge in [-0.25, -0.2) is 4.79 Å². The van der Waals surface area contributed by atoms with Gasteiger partial charge in [-0.15, -0.1) is 10.2 Å². The molecule has 1 heterocycles. The molecule has 34 heavy (non-hydrogen) atoms. The maximum absolute atomic E-state index is 12.6. The van der Waals surface area contributed by atoms with E-state index in [1.165, 1.54) is 5.56 Å². The molecule has 0 aliphatic carbocycles. The SMILES string of the molecule is Cc1ccc(CNC(C)(COC(=O)c2ccccc2)c2nnc(/C=C/c3ccccc3)o2)cc1. The van der Waals surface area contributed by atoms with Crippen LogP contribution in [0.25, 0.3) is 12.2 Å². The summed E-state index contributed by atoms with van der Waals surface area (Å²) in [5.41, 5.74) is 2.91. The Bertz CT molecular complexity index is 1230. The molecule has 0 radical (unpaired) electrons. The first-order chi connectivity index (χ1) is 16.5. The summed E-state index contributed by atoms with van der Waals surface area (Å²) >= 11 is 0. The summed E-state index contributed by atoms with van der Waals surface area (Å²) in [6.45, 7) is 4.50. The van der Waals surface area contributed by atoms with Crippen LogP contribution in [-0.2, 0) is 16.8 Å². The first kappa shape index (κ1) is 23.1. The molecular weight excluding hydrogens is 426 g/mol. The summed E-state index contributed by atoms with van der Waals surface area (Å²) in [4.78, 5) is 12.6. The van der Waals surface area contributed by atoms with Gasteiger partial charge < -0.3 is 9.15 Å². The van der Waals surface area contributed by atoms with Gasteiger partial charge in [-0.3, -0.25) is 5.32 Å². The van der Waals surface area contributed by atoms with Crippen LogP contribution in [-0.4, -0.2) is 22.8 Å². The molecule has 1 atom stereocenters. The van der Waals surface area contributed by atoms with Crippen LogP contribution in [0.3, 0.4) is 0 Å². The third kappa shape index (κ3) is 6.05. The van der Waals surface area contributed by atoms with E-state index in [0.717, 1.165) is 11.1 Å². The minimum absolute atomic E-state index is 0.0244. The van der Waals surface area contributed by atoms with E-state index in [2.05, 4.69) is 39.8 Å². The summed E-state index contributed by atoms with van der Waals surface area (Å²) in [5.74, 6) is 0.303. The summed E-state index contributed by atoms with van der Waals surface area (Å²) < 4.78 is 11.6. The van der Waals surface area contributed by atoms with Gasteiger partial charge in [0, 0.05) is 12.6 Å². The van der Waals surface area contributed by atoms with Gasteiger partial charge in [0.1, 0.15) is 12.1 Å². The van der Waals surface area contributed by atoms with Crippen molar-refractivity contribution in [1.29, 1.82) is 0 Å². The van der Waals surface area contributed by atoms with Gasteiger partial charge in [0.25, 0.3) is 0 Å². The molecule has 172 valence electrons. The lowest BCUT2D eigenvalue weighted by atomic mass is 10.0. The Balaban J connectivity index is 1.52. The molecule has 0 bridgehead atoms. The van der Waals surface area contributed by atoms with Gasteiger partial charge in [-0.05, 0) is 43.2 Å². The van der Waals surface area contributed by atoms with Crippen LogP contribution < -0.4 is 5.32 Å². The zero-order valence-corrected chi connectivity index (χ0v) is 19.3. The van der Waals surface area contributed by atoms with Crippen molar-refractivity contribution in [1.82, 2.24) is 15.5 Å². The van der Waals surface area contributed by atoms with Crippen molar-refractivity contribution < 1.29 is 13.9 Å². The number of hydrogen-bond acceptors (Lipinski definition) is 6. The molecule has 4 aromatic rings. The standard InChI is InChI=1S/C28H27N3O3/c1-21-13-15-23(16-14-21)19-29-28(2,20-33-26(32)24-11-7-4-8-12-24)27-31-30-25(34-27)18-17-22-9-5-3-6-10-22/h3-18,29H,19-20H2,1-2H3/b18-17+. The van der Waals surface area contributed by atoms with E-state index in [4.69, 9.17) is 9.15 Å². The normalized spacial score (nSPS) is 13.0. The molecule has 0 saturated carbocycles. The van der Waals surface area contributed by atoms with Crippen molar-refractivity contribution in [2.45, 2.75) is 25.9 Å². The Labute approximate surface area is 199 Å². The lowest BCUT2D eigenvalue weighted by Gasteiger charge is -2.27. The van der Waals surface area contributed by atoms with Crippen molar-refractivity contribution in [2.75, 3.05) is 6.61 Å². The van der Waals surface area contributed by atoms with Crippen LogP contribution in [0.15, 0.2) is 89.3 Å². The lowest BCUT2D eigenvalue weighted by Crippen LogP contribution is -2.44. The van der Waals surface area contributed by atoms with E-state index in [9.17, 15) is 4.79 Å². The van der Waals surface area contributed by atoms with E-state index < -0.39 is 11.5 Å². The maximum Gasteiger partial charge on any atom is 0.338 e. The number of nitrogens with zero attached hydrogens (tertiary/aromatic N) is 2. The van der Waals surface area contributed by atoms with Crippen molar-refractivity contribution >= 4 is 18.1 Å². The summed E-state index contributed by atoms with van der Waals surface area (Å²) in [5, 5.41) is 11.9. The Hall–Kier alpha value is -4.03. The number of hydrogen-bond donors (Lipinski definition) is 1. The fourth-order valence-corrected chi connectivity index (χ4v) is 3.32. The van der Waals surface area contributed by atoms with Gasteiger partial charge in [0.15, 0.2) is 0 Å². The Morgan fingerprint density at radius 1 is 0.941 bits per heavy atom. The molecule has 0 amide bonds. The van der Waals surface area contributed by atoms with Gasteiger partial charge in [-0.2, -0.15) is 0 Å². The number of carbonyl (C=O) groups excluding carboxylic acids is 1. The number of ether oxygens (including phenoxy) is 1. The smallest absolute Gasteiger partial charge is 0.338 e. The second-order valence-corrected chi connectivity index (χ2v) is 8.30. The molecule has 1 unspecified atom stereocenters. The van der Waals surface area contributed by atoms with Crippen LogP contribution in [0.1, 0.15) is 45.8 Å². The van der Waals surface area contributed by atoms with Crippen LogP contribution in [0, 0.1) is 6.92 Å². The highest BCUT2D eigenvalue weighted by Gasteiger charge is 2.34. The number of benzene rings is 3. The van der Waals surface area contributed by atoms with E-state index in [0.29, 0.717) is 23.9 Å². The molecular formula is C28H27N3O3. The monoisotopic (exact) mass is 453 g/mol. The highest BCUT2D eigenvalue weighted by molar-refractivity contribution is 5.89. The average molecular weight is 454 g/mol. The lowest BCUT2D eigenvalue weighted by molar-refractivity contribution is 0.0342. The first-order valence-corrected chi connectivity index (χ1v) is 11.1. The predicted octanol–water partition coefficient (Wildman–Crippen LogP) is 5.41. The number of nitrogens with one attached hydrogen (secondary N) is 1. The van der Waals surface area contributed by atoms with Crippen LogP contribution >= 0.6 is 0 Å². The minimum Gasteiger partial charge on any atom is -0.460 e. The van der Waals surface area contributed by atoms with Crippen LogP contribution in [0.5, 0.6) is 0 Å². The van der Waals surface area contributed by atoms with E-state index >= 15 is 0 Å². The molecule has 0 aliphatic heterocycles. The average Bonchev–Trinajstić information content (AvgIpc) is 3.37. The zero-order valence-electron chi connectivity index (χ0n) is 19.3. The van der Waals surface area contributed by atoms with Crippen LogP contribution in [0.4, 0.5) is 0 Å². The molecule has 6 heteroatoms.